The average molecular weight is 391 g/mol. The van der Waals surface area contributed by atoms with E-state index in [9.17, 15) is 0 Å². The van der Waals surface area contributed by atoms with Gasteiger partial charge in [0.2, 0.25) is 0 Å². The number of aryl methyl sites for hydroxylation is 2. The highest BCUT2D eigenvalue weighted by Gasteiger charge is 2.22. The van der Waals surface area contributed by atoms with Crippen molar-refractivity contribution in [1.82, 2.24) is 18.9 Å². The number of imidazole rings is 2. The third-order valence-electron chi connectivity index (χ3n) is 3.75. The first-order chi connectivity index (χ1) is 9.77. The normalized spacial score (nSPS) is 11.0. The summed E-state index contributed by atoms with van der Waals surface area (Å²) < 4.78 is 6.40. The summed E-state index contributed by atoms with van der Waals surface area (Å²) in [6.45, 7) is 0. The molecule has 5 nitrogen and oxygen atoms in total. The third-order valence-corrected chi connectivity index (χ3v) is 3.75. The summed E-state index contributed by atoms with van der Waals surface area (Å²) in [5, 5.41) is 0. The van der Waals surface area contributed by atoms with E-state index >= 15 is 0 Å². The molecule has 0 saturated heterocycles. The highest BCUT2D eigenvalue weighted by molar-refractivity contribution is 5.73. The van der Waals surface area contributed by atoms with E-state index in [1.807, 2.05) is 19.3 Å². The number of rotatable bonds is 1. The molecule has 0 saturated carbocycles. The zero-order valence-electron chi connectivity index (χ0n) is 11.7. The number of halogens is 1. The molecule has 0 spiro atoms. The van der Waals surface area contributed by atoms with Crippen LogP contribution in [0.3, 0.4) is 0 Å². The van der Waals surface area contributed by atoms with Crippen LogP contribution in [0.5, 0.6) is 0 Å². The van der Waals surface area contributed by atoms with Crippen molar-refractivity contribution in [2.24, 2.45) is 14.1 Å². The van der Waals surface area contributed by atoms with Gasteiger partial charge in [0.1, 0.15) is 5.69 Å². The molecule has 106 valence electrons. The van der Waals surface area contributed by atoms with Gasteiger partial charge in [-0.05, 0) is 0 Å². The quantitative estimate of drug-likeness (QED) is 0.300. The van der Waals surface area contributed by atoms with Crippen molar-refractivity contribution in [1.29, 1.82) is 0 Å². The second kappa shape index (κ2) is 5.10. The van der Waals surface area contributed by atoms with Gasteiger partial charge >= 0.3 is 5.78 Å². The molecule has 0 aliphatic rings. The number of nitrogens with zero attached hydrogens (tertiary/aromatic N) is 5. The van der Waals surface area contributed by atoms with Crippen LogP contribution in [0.25, 0.3) is 28.2 Å². The zero-order chi connectivity index (χ0) is 13.7. The van der Waals surface area contributed by atoms with E-state index in [1.54, 1.807) is 6.33 Å². The molecular formula is C15H14IN5. The molecule has 3 aromatic heterocycles. The van der Waals surface area contributed by atoms with Gasteiger partial charge in [-0.3, -0.25) is 4.57 Å². The van der Waals surface area contributed by atoms with Crippen molar-refractivity contribution in [3.05, 3.63) is 49.1 Å². The number of fused-ring (bicyclic) bond motifs is 3. The topological polar surface area (TPSA) is 39.0 Å². The van der Waals surface area contributed by atoms with Crippen molar-refractivity contribution in [3.8, 4) is 11.3 Å². The highest BCUT2D eigenvalue weighted by atomic mass is 127. The standard InChI is InChI=1S/C15H14N5.HI/c1-18-13(11-6-4-3-5-7-11)9-20-12-8-16-10-17-14(12)19(2)15(18)20;/h3-10H,1-2H3;1H/q+1;/p-1. The predicted molar refractivity (Wildman–Crippen MR) is 76.1 cm³/mol. The van der Waals surface area contributed by atoms with Crippen LogP contribution in [0.2, 0.25) is 0 Å². The van der Waals surface area contributed by atoms with Crippen molar-refractivity contribution >= 4 is 16.9 Å². The van der Waals surface area contributed by atoms with Crippen molar-refractivity contribution < 1.29 is 28.5 Å². The lowest BCUT2D eigenvalue weighted by molar-refractivity contribution is -0.623. The van der Waals surface area contributed by atoms with E-state index in [0.717, 1.165) is 16.9 Å². The number of benzene rings is 1. The fraction of sp³-hybridized carbons (Fsp3) is 0.133. The van der Waals surface area contributed by atoms with Gasteiger partial charge in [0, 0.05) is 12.6 Å². The van der Waals surface area contributed by atoms with Crippen LogP contribution in [-0.2, 0) is 14.1 Å². The Bertz CT molecular complexity index is 923. The van der Waals surface area contributed by atoms with Crippen LogP contribution in [-0.4, -0.2) is 18.9 Å². The molecule has 0 aliphatic heterocycles. The Kier molecular flexibility index (Phi) is 3.40. The Morgan fingerprint density at radius 2 is 1.90 bits per heavy atom. The molecule has 21 heavy (non-hydrogen) atoms. The highest BCUT2D eigenvalue weighted by Crippen LogP contribution is 2.23. The van der Waals surface area contributed by atoms with E-state index in [2.05, 4.69) is 61.0 Å². The second-order valence-corrected chi connectivity index (χ2v) is 4.90. The van der Waals surface area contributed by atoms with Gasteiger partial charge in [-0.25, -0.2) is 14.0 Å². The van der Waals surface area contributed by atoms with Crippen LogP contribution >= 0.6 is 0 Å². The molecule has 0 radical (unpaired) electrons. The lowest BCUT2D eigenvalue weighted by Crippen LogP contribution is -3.00. The molecule has 0 fully saturated rings. The van der Waals surface area contributed by atoms with Gasteiger partial charge in [-0.1, -0.05) is 30.3 Å². The lowest BCUT2D eigenvalue weighted by Gasteiger charge is -1.99. The van der Waals surface area contributed by atoms with E-state index in [-0.39, 0.29) is 24.0 Å². The van der Waals surface area contributed by atoms with Crippen LogP contribution < -0.4 is 28.5 Å². The van der Waals surface area contributed by atoms with E-state index in [1.165, 1.54) is 11.3 Å². The molecule has 0 aliphatic carbocycles. The average Bonchev–Trinajstić information content (AvgIpc) is 2.98. The molecule has 0 N–H and O–H groups in total. The van der Waals surface area contributed by atoms with Crippen LogP contribution in [0.15, 0.2) is 49.1 Å². The summed E-state index contributed by atoms with van der Waals surface area (Å²) >= 11 is 0. The zero-order valence-corrected chi connectivity index (χ0v) is 13.9. The largest absolute Gasteiger partial charge is 1.00 e. The minimum Gasteiger partial charge on any atom is -1.00 e. The minimum absolute atomic E-state index is 0. The second-order valence-electron chi connectivity index (χ2n) is 4.90. The monoisotopic (exact) mass is 391 g/mol. The first kappa shape index (κ1) is 14.0. The number of hydrogen-bond donors (Lipinski definition) is 0. The molecule has 4 aromatic rings. The molecule has 0 bridgehead atoms. The Labute approximate surface area is 138 Å². The summed E-state index contributed by atoms with van der Waals surface area (Å²) in [5.74, 6) is 1.08. The van der Waals surface area contributed by atoms with Gasteiger partial charge in [0.15, 0.2) is 11.8 Å². The number of aromatic nitrogens is 5. The van der Waals surface area contributed by atoms with Gasteiger partial charge in [0.25, 0.3) is 5.65 Å². The Morgan fingerprint density at radius 3 is 2.67 bits per heavy atom. The van der Waals surface area contributed by atoms with Crippen molar-refractivity contribution in [2.75, 3.05) is 0 Å². The summed E-state index contributed by atoms with van der Waals surface area (Å²) in [5.41, 5.74) is 4.32. The van der Waals surface area contributed by atoms with Crippen LogP contribution in [0.4, 0.5) is 0 Å². The predicted octanol–water partition coefficient (Wildman–Crippen LogP) is -1.28. The minimum atomic E-state index is 0. The molecular weight excluding hydrogens is 377 g/mol. The SMILES string of the molecule is Cn1c(-c2ccccc2)cn2c3cncnc3[n+](C)c12.[I-]. The van der Waals surface area contributed by atoms with Crippen molar-refractivity contribution in [2.45, 2.75) is 0 Å². The molecule has 4 rings (SSSR count). The van der Waals surface area contributed by atoms with Crippen molar-refractivity contribution in [3.63, 3.8) is 0 Å². The van der Waals surface area contributed by atoms with E-state index in [0.29, 0.717) is 0 Å². The Morgan fingerprint density at radius 1 is 1.14 bits per heavy atom. The van der Waals surface area contributed by atoms with Crippen LogP contribution in [0.1, 0.15) is 0 Å². The fourth-order valence-corrected chi connectivity index (χ4v) is 2.82. The summed E-state index contributed by atoms with van der Waals surface area (Å²) in [6, 6.07) is 10.4. The van der Waals surface area contributed by atoms with Gasteiger partial charge < -0.3 is 24.0 Å². The summed E-state index contributed by atoms with van der Waals surface area (Å²) in [4.78, 5) is 8.48. The Balaban J connectivity index is 0.00000132. The molecule has 6 heteroatoms. The lowest BCUT2D eigenvalue weighted by atomic mass is 10.2. The summed E-state index contributed by atoms with van der Waals surface area (Å²) in [7, 11) is 4.10. The third kappa shape index (κ3) is 1.93. The first-order valence-electron chi connectivity index (χ1n) is 6.48. The van der Waals surface area contributed by atoms with Gasteiger partial charge in [-0.2, -0.15) is 0 Å². The van der Waals surface area contributed by atoms with Gasteiger partial charge in [0.05, 0.1) is 19.4 Å². The maximum Gasteiger partial charge on any atom is 0.329 e. The smallest absolute Gasteiger partial charge is 0.329 e. The fourth-order valence-electron chi connectivity index (χ4n) is 2.82. The Hall–Kier alpha value is -1.96. The molecule has 0 atom stereocenters. The molecule has 0 unspecified atom stereocenters. The molecule has 3 heterocycles. The van der Waals surface area contributed by atoms with Crippen LogP contribution in [0, 0.1) is 0 Å². The first-order valence-corrected chi connectivity index (χ1v) is 6.48. The van der Waals surface area contributed by atoms with E-state index < -0.39 is 0 Å². The maximum atomic E-state index is 4.35. The maximum absolute atomic E-state index is 4.35. The molecule has 0 amide bonds. The van der Waals surface area contributed by atoms with E-state index in [4.69, 9.17) is 0 Å². The van der Waals surface area contributed by atoms with Gasteiger partial charge in [-0.15, -0.1) is 4.98 Å². The number of hydrogen-bond acceptors (Lipinski definition) is 2. The summed E-state index contributed by atoms with van der Waals surface area (Å²) in [6.07, 6.45) is 5.57. The molecule has 1 aromatic carbocycles.